The molecular formula is C33H36N2O6. The Balaban J connectivity index is 1.59. The van der Waals surface area contributed by atoms with Gasteiger partial charge in [0.25, 0.3) is 11.7 Å². The lowest BCUT2D eigenvalue weighted by atomic mass is 9.94. The van der Waals surface area contributed by atoms with E-state index in [9.17, 15) is 14.7 Å². The number of carbonyl (C=O) groups excluding carboxylic acids is 2. The summed E-state index contributed by atoms with van der Waals surface area (Å²) in [5, 5.41) is 11.6. The van der Waals surface area contributed by atoms with Crippen molar-refractivity contribution in [1.82, 2.24) is 9.88 Å². The largest absolute Gasteiger partial charge is 0.507 e. The molecule has 1 saturated heterocycles. The van der Waals surface area contributed by atoms with E-state index in [0.29, 0.717) is 42.3 Å². The average molecular weight is 557 g/mol. The van der Waals surface area contributed by atoms with Gasteiger partial charge in [0.1, 0.15) is 17.6 Å². The fourth-order valence-corrected chi connectivity index (χ4v) is 5.42. The van der Waals surface area contributed by atoms with Crippen molar-refractivity contribution >= 4 is 17.4 Å². The summed E-state index contributed by atoms with van der Waals surface area (Å²) in [6.45, 7) is 7.16. The van der Waals surface area contributed by atoms with E-state index >= 15 is 0 Å². The quantitative estimate of drug-likeness (QED) is 0.134. The maximum absolute atomic E-state index is 13.6. The fourth-order valence-electron chi connectivity index (χ4n) is 5.42. The summed E-state index contributed by atoms with van der Waals surface area (Å²) in [6, 6.07) is 13.6. The number of aromatic nitrogens is 1. The number of ketones is 1. The van der Waals surface area contributed by atoms with Gasteiger partial charge in [-0.15, -0.1) is 0 Å². The third-order valence-electron chi connectivity index (χ3n) is 7.40. The summed E-state index contributed by atoms with van der Waals surface area (Å²) in [5.41, 5.74) is 2.91. The lowest BCUT2D eigenvalue weighted by Crippen LogP contribution is -2.29. The van der Waals surface area contributed by atoms with Gasteiger partial charge >= 0.3 is 0 Å². The number of fused-ring (bicyclic) bond motifs is 1. The molecule has 5 rings (SSSR count). The minimum atomic E-state index is -0.833. The van der Waals surface area contributed by atoms with E-state index < -0.39 is 17.7 Å². The van der Waals surface area contributed by atoms with Crippen LogP contribution in [0.15, 0.2) is 66.5 Å². The second kappa shape index (κ2) is 12.5. The molecule has 0 saturated carbocycles. The molecule has 8 nitrogen and oxygen atoms in total. The first-order chi connectivity index (χ1) is 19.9. The Hall–Kier alpha value is -4.33. The third-order valence-corrected chi connectivity index (χ3v) is 7.40. The van der Waals surface area contributed by atoms with Crippen LogP contribution < -0.4 is 14.2 Å². The summed E-state index contributed by atoms with van der Waals surface area (Å²) in [6.07, 6.45) is 7.12. The minimum Gasteiger partial charge on any atom is -0.507 e. The molecule has 3 aromatic rings. The average Bonchev–Trinajstić information content (AvgIpc) is 3.47. The topological polar surface area (TPSA) is 98.2 Å². The van der Waals surface area contributed by atoms with Crippen molar-refractivity contribution in [3.63, 3.8) is 0 Å². The van der Waals surface area contributed by atoms with Crippen LogP contribution in [0.25, 0.3) is 5.76 Å². The number of ether oxygens (including phenoxy) is 3. The SMILES string of the molecule is CCCCCOc1ccc([C@H]2/C(=C(\O)c3ccc4c(c3)C[C@@H](C)O4)C(=O)C(=O)N2Cc2ccncc2)cc1OCC. The molecule has 0 radical (unpaired) electrons. The molecule has 41 heavy (non-hydrogen) atoms. The highest BCUT2D eigenvalue weighted by molar-refractivity contribution is 6.46. The molecule has 2 aromatic carbocycles. The number of rotatable bonds is 11. The second-order valence-corrected chi connectivity index (χ2v) is 10.4. The Morgan fingerprint density at radius 3 is 2.59 bits per heavy atom. The maximum Gasteiger partial charge on any atom is 0.295 e. The Morgan fingerprint density at radius 1 is 1.02 bits per heavy atom. The van der Waals surface area contributed by atoms with Gasteiger partial charge in [-0.25, -0.2) is 0 Å². The number of unbranched alkanes of at least 4 members (excludes halogenated alkanes) is 2. The number of aliphatic hydroxyl groups is 1. The summed E-state index contributed by atoms with van der Waals surface area (Å²) >= 11 is 0. The Kier molecular flexibility index (Phi) is 8.57. The molecule has 0 bridgehead atoms. The van der Waals surface area contributed by atoms with Gasteiger partial charge in [-0.05, 0) is 79.4 Å². The van der Waals surface area contributed by atoms with E-state index in [-0.39, 0.29) is 24.0 Å². The van der Waals surface area contributed by atoms with Crippen LogP contribution in [0.1, 0.15) is 68.3 Å². The van der Waals surface area contributed by atoms with Crippen molar-refractivity contribution in [2.24, 2.45) is 0 Å². The number of hydrogen-bond donors (Lipinski definition) is 1. The van der Waals surface area contributed by atoms with Gasteiger partial charge in [-0.1, -0.05) is 25.8 Å². The first-order valence-electron chi connectivity index (χ1n) is 14.3. The number of nitrogens with zero attached hydrogens (tertiary/aromatic N) is 2. The molecule has 8 heteroatoms. The van der Waals surface area contributed by atoms with E-state index in [2.05, 4.69) is 11.9 Å². The van der Waals surface area contributed by atoms with Crippen LogP contribution in [-0.4, -0.2) is 46.0 Å². The van der Waals surface area contributed by atoms with Gasteiger partial charge in [-0.2, -0.15) is 0 Å². The molecule has 214 valence electrons. The minimum absolute atomic E-state index is 0.0352. The third kappa shape index (κ3) is 5.92. The van der Waals surface area contributed by atoms with Gasteiger partial charge in [0.15, 0.2) is 11.5 Å². The zero-order valence-corrected chi connectivity index (χ0v) is 23.8. The molecule has 0 unspecified atom stereocenters. The molecule has 2 aliphatic rings. The Labute approximate surface area is 240 Å². The summed E-state index contributed by atoms with van der Waals surface area (Å²) in [4.78, 5) is 32.6. The second-order valence-electron chi connectivity index (χ2n) is 10.4. The fraction of sp³-hybridized carbons (Fsp3) is 0.364. The predicted octanol–water partition coefficient (Wildman–Crippen LogP) is 5.99. The van der Waals surface area contributed by atoms with E-state index in [1.165, 1.54) is 4.90 Å². The summed E-state index contributed by atoms with van der Waals surface area (Å²) in [7, 11) is 0. The Bertz CT molecular complexity index is 1450. The number of benzene rings is 2. The molecule has 0 aliphatic carbocycles. The predicted molar refractivity (Wildman–Crippen MR) is 155 cm³/mol. The van der Waals surface area contributed by atoms with Crippen molar-refractivity contribution in [1.29, 1.82) is 0 Å². The van der Waals surface area contributed by atoms with Crippen molar-refractivity contribution in [2.75, 3.05) is 13.2 Å². The van der Waals surface area contributed by atoms with Crippen LogP contribution in [0.3, 0.4) is 0 Å². The van der Waals surface area contributed by atoms with Crippen molar-refractivity contribution in [3.05, 3.63) is 88.8 Å². The van der Waals surface area contributed by atoms with Crippen molar-refractivity contribution < 1.29 is 28.9 Å². The first-order valence-corrected chi connectivity index (χ1v) is 14.3. The molecule has 0 spiro atoms. The van der Waals surface area contributed by atoms with Crippen LogP contribution in [0, 0.1) is 0 Å². The van der Waals surface area contributed by atoms with Gasteiger partial charge in [0.2, 0.25) is 0 Å². The van der Waals surface area contributed by atoms with Crippen molar-refractivity contribution in [2.45, 2.75) is 65.1 Å². The lowest BCUT2D eigenvalue weighted by Gasteiger charge is -2.26. The van der Waals surface area contributed by atoms with E-state index in [1.54, 1.807) is 42.7 Å². The van der Waals surface area contributed by atoms with Crippen LogP contribution in [0.4, 0.5) is 0 Å². The molecule has 1 aromatic heterocycles. The van der Waals surface area contributed by atoms with Gasteiger partial charge in [-0.3, -0.25) is 14.6 Å². The Morgan fingerprint density at radius 2 is 1.83 bits per heavy atom. The summed E-state index contributed by atoms with van der Waals surface area (Å²) in [5.74, 6) is 0.268. The monoisotopic (exact) mass is 556 g/mol. The van der Waals surface area contributed by atoms with Crippen molar-refractivity contribution in [3.8, 4) is 17.2 Å². The summed E-state index contributed by atoms with van der Waals surface area (Å²) < 4.78 is 17.8. The number of aliphatic hydroxyl groups excluding tert-OH is 1. The number of Topliss-reactive ketones (excluding diaryl/α,β-unsaturated/α-hetero) is 1. The number of amides is 1. The van der Waals surface area contributed by atoms with Gasteiger partial charge < -0.3 is 24.2 Å². The zero-order chi connectivity index (χ0) is 28.9. The highest BCUT2D eigenvalue weighted by Crippen LogP contribution is 2.43. The zero-order valence-electron chi connectivity index (χ0n) is 23.8. The molecule has 3 heterocycles. The maximum atomic E-state index is 13.6. The van der Waals surface area contributed by atoms with E-state index in [4.69, 9.17) is 14.2 Å². The molecule has 1 N–H and O–H groups in total. The van der Waals surface area contributed by atoms with Gasteiger partial charge in [0.05, 0.1) is 24.8 Å². The molecule has 1 fully saturated rings. The van der Waals surface area contributed by atoms with Crippen LogP contribution in [0.5, 0.6) is 17.2 Å². The number of carbonyl (C=O) groups is 2. The smallest absolute Gasteiger partial charge is 0.295 e. The number of hydrogen-bond acceptors (Lipinski definition) is 7. The highest BCUT2D eigenvalue weighted by atomic mass is 16.5. The lowest BCUT2D eigenvalue weighted by molar-refractivity contribution is -0.140. The molecule has 1 amide bonds. The molecule has 2 atom stereocenters. The number of pyridine rings is 1. The van der Waals surface area contributed by atoms with E-state index in [0.717, 1.165) is 36.1 Å². The van der Waals surface area contributed by atoms with Gasteiger partial charge in [0, 0.05) is 30.9 Å². The first kappa shape index (κ1) is 28.2. The van der Waals surface area contributed by atoms with Crippen LogP contribution in [-0.2, 0) is 22.6 Å². The highest BCUT2D eigenvalue weighted by Gasteiger charge is 2.46. The number of likely N-dealkylation sites (tertiary alicyclic amines) is 1. The van der Waals surface area contributed by atoms with E-state index in [1.807, 2.05) is 32.0 Å². The van der Waals surface area contributed by atoms with Crippen LogP contribution in [0.2, 0.25) is 0 Å². The normalized spacial score (nSPS) is 19.2. The standard InChI is InChI=1S/C33H36N2O6/c1-4-6-7-16-40-27-11-8-23(19-28(27)39-5-2)30-29(31(36)24-9-10-26-25(18-24)17-21(3)41-26)32(37)33(38)35(30)20-22-12-14-34-15-13-22/h8-15,18-19,21,30,36H,4-7,16-17,20H2,1-3H3/b31-29+/t21-,30+/m1/s1. The molecule has 2 aliphatic heterocycles. The molecular weight excluding hydrogens is 520 g/mol. The van der Waals surface area contributed by atoms with Crippen LogP contribution >= 0.6 is 0 Å².